The molecule has 5 unspecified atom stereocenters. The van der Waals surface area contributed by atoms with Crippen LogP contribution in [0.25, 0.3) is 0 Å². The van der Waals surface area contributed by atoms with Crippen LogP contribution in [-0.2, 0) is 55.8 Å². The maximum atomic E-state index is 12.8. The minimum absolute atomic E-state index is 0.0957. The van der Waals surface area contributed by atoms with Crippen molar-refractivity contribution in [2.45, 2.75) is 257 Å². The molecule has 0 aromatic heterocycles. The van der Waals surface area contributed by atoms with E-state index in [0.717, 1.165) is 116 Å². The van der Waals surface area contributed by atoms with Crippen molar-refractivity contribution in [3.05, 3.63) is 36.5 Å². The molecule has 0 aliphatic rings. The summed E-state index contributed by atoms with van der Waals surface area (Å²) < 4.78 is 60.4. The Labute approximate surface area is 441 Å². The van der Waals surface area contributed by atoms with Gasteiger partial charge in [-0.3, -0.25) is 32.5 Å². The standard InChI is InChI=1S/C55H102O16P2/c1-4-7-10-13-16-19-22-23-24-25-28-30-32-35-38-41-53(58)65-44-50(56)45-67-72(61,62)68-46-51(57)47-69-73(63,64)70-49-52(71-55(60)43-40-37-34-31-27-21-18-15-12-9-6-3)48-66-54(59)42-39-36-33-29-26-20-17-14-11-8-5-2/h14-15,17-18,23-24,50-52,56-57H,4-13,16,19-22,25-49H2,1-3H3,(H,61,62)(H,63,64)/b17-14-,18-15-,24-23-. The molecule has 0 aliphatic heterocycles. The summed E-state index contributed by atoms with van der Waals surface area (Å²) in [5.74, 6) is -1.60. The molecule has 0 bridgehead atoms. The maximum absolute atomic E-state index is 12.8. The highest BCUT2D eigenvalue weighted by molar-refractivity contribution is 7.47. The molecular weight excluding hydrogens is 979 g/mol. The number of carbonyl (C=O) groups excluding carboxylic acids is 3. The summed E-state index contributed by atoms with van der Waals surface area (Å²) >= 11 is 0. The van der Waals surface area contributed by atoms with Crippen molar-refractivity contribution in [1.29, 1.82) is 0 Å². The van der Waals surface area contributed by atoms with Crippen LogP contribution in [0.4, 0.5) is 0 Å². The van der Waals surface area contributed by atoms with Crippen LogP contribution in [0.1, 0.15) is 239 Å². The molecule has 0 heterocycles. The highest BCUT2D eigenvalue weighted by Crippen LogP contribution is 2.45. The van der Waals surface area contributed by atoms with Crippen LogP contribution in [-0.4, -0.2) is 95.9 Å². The van der Waals surface area contributed by atoms with Crippen LogP contribution < -0.4 is 0 Å². The van der Waals surface area contributed by atoms with Gasteiger partial charge in [0.15, 0.2) is 6.10 Å². The van der Waals surface area contributed by atoms with Gasteiger partial charge in [0, 0.05) is 19.3 Å². The Morgan fingerprint density at radius 2 is 0.658 bits per heavy atom. The Morgan fingerprint density at radius 1 is 0.370 bits per heavy atom. The second kappa shape index (κ2) is 50.6. The topological polar surface area (TPSA) is 231 Å². The number of esters is 3. The SMILES string of the molecule is CCCC/C=C\CCCCCCCC(=O)OCC(COP(=O)(O)OCC(O)COP(=O)(O)OCC(O)COC(=O)CCCCCCC/C=C\CCCCCCCC)OC(=O)CCCCCCC/C=C\CCCC. The molecule has 0 amide bonds. The molecule has 18 heteroatoms. The van der Waals surface area contributed by atoms with Crippen molar-refractivity contribution in [2.24, 2.45) is 0 Å². The number of rotatable bonds is 54. The van der Waals surface area contributed by atoms with E-state index in [1.54, 1.807) is 0 Å². The van der Waals surface area contributed by atoms with Crippen molar-refractivity contribution >= 4 is 33.6 Å². The minimum Gasteiger partial charge on any atom is -0.463 e. The molecule has 0 saturated heterocycles. The smallest absolute Gasteiger partial charge is 0.463 e. The number of phosphoric acid groups is 2. The molecule has 0 aliphatic carbocycles. The third-order valence-corrected chi connectivity index (χ3v) is 13.7. The zero-order chi connectivity index (χ0) is 53.9. The van der Waals surface area contributed by atoms with E-state index in [9.17, 15) is 43.5 Å². The van der Waals surface area contributed by atoms with E-state index in [0.29, 0.717) is 19.3 Å². The van der Waals surface area contributed by atoms with Crippen LogP contribution >= 0.6 is 15.6 Å². The number of carbonyl (C=O) groups is 3. The molecule has 428 valence electrons. The van der Waals surface area contributed by atoms with Gasteiger partial charge < -0.3 is 34.2 Å². The first-order valence-electron chi connectivity index (χ1n) is 28.3. The predicted molar refractivity (Wildman–Crippen MR) is 289 cm³/mol. The van der Waals surface area contributed by atoms with Gasteiger partial charge in [-0.15, -0.1) is 0 Å². The number of hydrogen-bond donors (Lipinski definition) is 4. The summed E-state index contributed by atoms with van der Waals surface area (Å²) in [4.78, 5) is 57.8. The summed E-state index contributed by atoms with van der Waals surface area (Å²) in [6.45, 7) is 2.53. The van der Waals surface area contributed by atoms with Gasteiger partial charge in [-0.2, -0.15) is 0 Å². The highest BCUT2D eigenvalue weighted by Gasteiger charge is 2.29. The monoisotopic (exact) mass is 1080 g/mol. The lowest BCUT2D eigenvalue weighted by Gasteiger charge is -2.21. The first-order chi connectivity index (χ1) is 35.2. The molecular formula is C55H102O16P2. The Bertz CT molecular complexity index is 1510. The normalized spacial score (nSPS) is 14.9. The third-order valence-electron chi connectivity index (χ3n) is 11.8. The van der Waals surface area contributed by atoms with E-state index in [1.807, 2.05) is 0 Å². The lowest BCUT2D eigenvalue weighted by atomic mass is 10.1. The van der Waals surface area contributed by atoms with Crippen LogP contribution in [0.5, 0.6) is 0 Å². The quantitative estimate of drug-likeness (QED) is 0.0146. The van der Waals surface area contributed by atoms with Gasteiger partial charge in [0.2, 0.25) is 0 Å². The van der Waals surface area contributed by atoms with E-state index < -0.39 is 91.5 Å². The van der Waals surface area contributed by atoms with E-state index in [-0.39, 0.29) is 19.3 Å². The largest absolute Gasteiger partial charge is 0.472 e. The van der Waals surface area contributed by atoms with Crippen molar-refractivity contribution < 1.29 is 75.8 Å². The summed E-state index contributed by atoms with van der Waals surface area (Å²) in [5.41, 5.74) is 0. The molecule has 0 aromatic carbocycles. The predicted octanol–water partition coefficient (Wildman–Crippen LogP) is 14.0. The summed E-state index contributed by atoms with van der Waals surface area (Å²) in [7, 11) is -9.74. The van der Waals surface area contributed by atoms with Crippen molar-refractivity contribution in [1.82, 2.24) is 0 Å². The first kappa shape index (κ1) is 70.8. The van der Waals surface area contributed by atoms with Crippen molar-refractivity contribution in [3.8, 4) is 0 Å². The van der Waals surface area contributed by atoms with Gasteiger partial charge in [0.1, 0.15) is 25.4 Å². The number of allylic oxidation sites excluding steroid dienone is 6. The molecule has 0 radical (unpaired) electrons. The van der Waals surface area contributed by atoms with Gasteiger partial charge in [-0.05, 0) is 83.5 Å². The van der Waals surface area contributed by atoms with E-state index in [1.165, 1.54) is 64.2 Å². The lowest BCUT2D eigenvalue weighted by Crippen LogP contribution is -2.30. The zero-order valence-corrected chi connectivity index (χ0v) is 47.4. The number of hydrogen-bond acceptors (Lipinski definition) is 14. The molecule has 0 aromatic rings. The van der Waals surface area contributed by atoms with Crippen LogP contribution in [0.2, 0.25) is 0 Å². The van der Waals surface area contributed by atoms with Crippen molar-refractivity contribution in [2.75, 3.05) is 39.6 Å². The number of unbranched alkanes of at least 4 members (excludes halogenated alkanes) is 25. The van der Waals surface area contributed by atoms with Crippen LogP contribution in [0.3, 0.4) is 0 Å². The average Bonchev–Trinajstić information content (AvgIpc) is 3.36. The number of ether oxygens (including phenoxy) is 3. The van der Waals surface area contributed by atoms with Crippen molar-refractivity contribution in [3.63, 3.8) is 0 Å². The van der Waals surface area contributed by atoms with E-state index >= 15 is 0 Å². The Balaban J connectivity index is 4.64. The highest BCUT2D eigenvalue weighted by atomic mass is 31.2. The second-order valence-electron chi connectivity index (χ2n) is 19.1. The van der Waals surface area contributed by atoms with E-state index in [4.69, 9.17) is 32.3 Å². The fraction of sp³-hybridized carbons (Fsp3) is 0.836. The van der Waals surface area contributed by atoms with Crippen LogP contribution in [0.15, 0.2) is 36.5 Å². The number of aliphatic hydroxyl groups is 2. The van der Waals surface area contributed by atoms with E-state index in [2.05, 4.69) is 57.2 Å². The van der Waals surface area contributed by atoms with Gasteiger partial charge in [0.05, 0.1) is 26.4 Å². The Morgan fingerprint density at radius 3 is 1.04 bits per heavy atom. The summed E-state index contributed by atoms with van der Waals surface area (Å²) in [6, 6.07) is 0. The molecule has 0 saturated carbocycles. The van der Waals surface area contributed by atoms with Gasteiger partial charge in [-0.1, -0.05) is 173 Å². The fourth-order valence-corrected chi connectivity index (χ4v) is 8.93. The number of phosphoric ester groups is 2. The fourth-order valence-electron chi connectivity index (χ4n) is 7.35. The number of aliphatic hydroxyl groups excluding tert-OH is 2. The van der Waals surface area contributed by atoms with Gasteiger partial charge in [-0.25, -0.2) is 9.13 Å². The average molecular weight is 1080 g/mol. The second-order valence-corrected chi connectivity index (χ2v) is 22.0. The summed E-state index contributed by atoms with van der Waals surface area (Å²) in [6.07, 6.45) is 42.4. The first-order valence-corrected chi connectivity index (χ1v) is 31.3. The molecule has 4 N–H and O–H groups in total. The maximum Gasteiger partial charge on any atom is 0.472 e. The Hall–Kier alpha value is -2.23. The van der Waals surface area contributed by atoms with Gasteiger partial charge in [0.25, 0.3) is 0 Å². The van der Waals surface area contributed by atoms with Crippen LogP contribution in [0, 0.1) is 0 Å². The Kier molecular flexibility index (Phi) is 49.0. The molecule has 0 fully saturated rings. The molecule has 0 spiro atoms. The zero-order valence-electron chi connectivity index (χ0n) is 45.6. The molecule has 73 heavy (non-hydrogen) atoms. The summed E-state index contributed by atoms with van der Waals surface area (Å²) in [5, 5.41) is 20.4. The lowest BCUT2D eigenvalue weighted by molar-refractivity contribution is -0.161. The van der Waals surface area contributed by atoms with Gasteiger partial charge >= 0.3 is 33.6 Å². The molecule has 16 nitrogen and oxygen atoms in total. The molecule has 5 atom stereocenters. The minimum atomic E-state index is -4.91. The third kappa shape index (κ3) is 51.6. The molecule has 0 rings (SSSR count).